The Hall–Kier alpha value is -2.40. The number of rotatable bonds is 3. The summed E-state index contributed by atoms with van der Waals surface area (Å²) in [4.78, 5) is 18.9. The molecule has 1 aromatic heterocycles. The second-order valence-electron chi connectivity index (χ2n) is 5.77. The van der Waals surface area contributed by atoms with Gasteiger partial charge in [0.25, 0.3) is 5.91 Å². The number of aryl methyl sites for hydroxylation is 2. The number of aromatic nitrogens is 1. The summed E-state index contributed by atoms with van der Waals surface area (Å²) in [7, 11) is 0. The molecule has 0 radical (unpaired) electrons. The highest BCUT2D eigenvalue weighted by atomic mass is 16.5. The summed E-state index contributed by atoms with van der Waals surface area (Å²) in [6.45, 7) is 7.18. The molecule has 2 heterocycles. The lowest BCUT2D eigenvalue weighted by Gasteiger charge is -2.28. The van der Waals surface area contributed by atoms with Gasteiger partial charge in [-0.25, -0.2) is 4.98 Å². The summed E-state index contributed by atoms with van der Waals surface area (Å²) in [5.41, 5.74) is 3.84. The smallest absolute Gasteiger partial charge is 0.257 e. The van der Waals surface area contributed by atoms with Crippen molar-refractivity contribution in [2.75, 3.05) is 36.5 Å². The van der Waals surface area contributed by atoms with Crippen LogP contribution in [0.15, 0.2) is 36.5 Å². The SMILES string of the molecule is Cc1ccc(C(=O)Nc2ccc(N3CCOCC3)cn2)c(C)c1. The number of amides is 1. The Balaban J connectivity index is 1.69. The van der Waals surface area contributed by atoms with Crippen LogP contribution in [0.2, 0.25) is 0 Å². The molecule has 1 amide bonds. The van der Waals surface area contributed by atoms with Crippen LogP contribution in [-0.4, -0.2) is 37.2 Å². The predicted molar refractivity (Wildman–Crippen MR) is 91.1 cm³/mol. The van der Waals surface area contributed by atoms with Crippen molar-refractivity contribution in [3.8, 4) is 0 Å². The summed E-state index contributed by atoms with van der Waals surface area (Å²) in [5, 5.41) is 2.86. The maximum Gasteiger partial charge on any atom is 0.257 e. The van der Waals surface area contributed by atoms with Crippen molar-refractivity contribution < 1.29 is 9.53 Å². The van der Waals surface area contributed by atoms with E-state index in [1.807, 2.05) is 44.2 Å². The first-order chi connectivity index (χ1) is 11.1. The maximum atomic E-state index is 12.4. The molecule has 0 bridgehead atoms. The average molecular weight is 311 g/mol. The van der Waals surface area contributed by atoms with Gasteiger partial charge in [-0.2, -0.15) is 0 Å². The fourth-order valence-corrected chi connectivity index (χ4v) is 2.72. The van der Waals surface area contributed by atoms with Crippen LogP contribution in [0.1, 0.15) is 21.5 Å². The molecule has 2 aromatic rings. The molecule has 1 N–H and O–H groups in total. The number of benzene rings is 1. The lowest BCUT2D eigenvalue weighted by molar-refractivity contribution is 0.102. The number of hydrogen-bond donors (Lipinski definition) is 1. The van der Waals surface area contributed by atoms with Crippen LogP contribution < -0.4 is 10.2 Å². The standard InChI is InChI=1S/C18H21N3O2/c1-13-3-5-16(14(2)11-13)18(22)20-17-6-4-15(12-19-17)21-7-9-23-10-8-21/h3-6,11-12H,7-10H2,1-2H3,(H,19,20,22). The van der Waals surface area contributed by atoms with Crippen LogP contribution in [0.4, 0.5) is 11.5 Å². The first-order valence-corrected chi connectivity index (χ1v) is 7.81. The van der Waals surface area contributed by atoms with Crippen LogP contribution in [0.3, 0.4) is 0 Å². The summed E-state index contributed by atoms with van der Waals surface area (Å²) in [6, 6.07) is 9.62. The Labute approximate surface area is 136 Å². The highest BCUT2D eigenvalue weighted by Crippen LogP contribution is 2.18. The van der Waals surface area contributed by atoms with E-state index in [2.05, 4.69) is 15.2 Å². The molecule has 5 nitrogen and oxygen atoms in total. The van der Waals surface area contributed by atoms with Gasteiger partial charge < -0.3 is 15.0 Å². The molecule has 5 heteroatoms. The van der Waals surface area contributed by atoms with Gasteiger partial charge in [0.1, 0.15) is 5.82 Å². The summed E-state index contributed by atoms with van der Waals surface area (Å²) < 4.78 is 5.35. The molecule has 1 aromatic carbocycles. The third-order valence-electron chi connectivity index (χ3n) is 3.99. The molecule has 1 fully saturated rings. The summed E-state index contributed by atoms with van der Waals surface area (Å²) in [6.07, 6.45) is 1.79. The molecular formula is C18H21N3O2. The topological polar surface area (TPSA) is 54.5 Å². The number of pyridine rings is 1. The zero-order chi connectivity index (χ0) is 16.2. The van der Waals surface area contributed by atoms with E-state index in [4.69, 9.17) is 4.74 Å². The lowest BCUT2D eigenvalue weighted by Crippen LogP contribution is -2.36. The predicted octanol–water partition coefficient (Wildman–Crippen LogP) is 2.79. The minimum absolute atomic E-state index is 0.130. The van der Waals surface area contributed by atoms with Gasteiger partial charge in [-0.15, -0.1) is 0 Å². The molecule has 3 rings (SSSR count). The van der Waals surface area contributed by atoms with Crippen LogP contribution in [0.25, 0.3) is 0 Å². The minimum Gasteiger partial charge on any atom is -0.378 e. The van der Waals surface area contributed by atoms with Crippen LogP contribution in [0, 0.1) is 13.8 Å². The van der Waals surface area contributed by atoms with Gasteiger partial charge in [0.2, 0.25) is 0 Å². The quantitative estimate of drug-likeness (QED) is 0.947. The Kier molecular flexibility index (Phi) is 4.57. The zero-order valence-corrected chi connectivity index (χ0v) is 13.5. The van der Waals surface area contributed by atoms with Gasteiger partial charge in [0.05, 0.1) is 25.1 Å². The molecule has 120 valence electrons. The van der Waals surface area contributed by atoms with Crippen LogP contribution in [0.5, 0.6) is 0 Å². The highest BCUT2D eigenvalue weighted by Gasteiger charge is 2.13. The molecule has 1 saturated heterocycles. The molecule has 0 aliphatic carbocycles. The second kappa shape index (κ2) is 6.79. The fourth-order valence-electron chi connectivity index (χ4n) is 2.72. The summed E-state index contributed by atoms with van der Waals surface area (Å²) >= 11 is 0. The van der Waals surface area contributed by atoms with Crippen molar-refractivity contribution in [1.29, 1.82) is 0 Å². The minimum atomic E-state index is -0.130. The van der Waals surface area contributed by atoms with Crippen molar-refractivity contribution >= 4 is 17.4 Å². The molecular weight excluding hydrogens is 290 g/mol. The van der Waals surface area contributed by atoms with E-state index < -0.39 is 0 Å². The van der Waals surface area contributed by atoms with E-state index in [1.54, 1.807) is 6.20 Å². The highest BCUT2D eigenvalue weighted by molar-refractivity contribution is 6.04. The number of carbonyl (C=O) groups excluding carboxylic acids is 1. The van der Waals surface area contributed by atoms with E-state index in [0.717, 1.165) is 43.1 Å². The first-order valence-electron chi connectivity index (χ1n) is 7.81. The van der Waals surface area contributed by atoms with Gasteiger partial charge in [0.15, 0.2) is 0 Å². The maximum absolute atomic E-state index is 12.4. The molecule has 23 heavy (non-hydrogen) atoms. The molecule has 1 aliphatic heterocycles. The molecule has 0 unspecified atom stereocenters. The van der Waals surface area contributed by atoms with Crippen molar-refractivity contribution in [3.63, 3.8) is 0 Å². The van der Waals surface area contributed by atoms with Gasteiger partial charge in [0, 0.05) is 18.7 Å². The number of nitrogens with one attached hydrogen (secondary N) is 1. The normalized spacial score (nSPS) is 14.6. The van der Waals surface area contributed by atoms with Crippen molar-refractivity contribution in [1.82, 2.24) is 4.98 Å². The van der Waals surface area contributed by atoms with Gasteiger partial charge in [-0.3, -0.25) is 4.79 Å². The van der Waals surface area contributed by atoms with Gasteiger partial charge in [-0.1, -0.05) is 17.7 Å². The Morgan fingerprint density at radius 1 is 1.17 bits per heavy atom. The third kappa shape index (κ3) is 3.68. The van der Waals surface area contributed by atoms with Crippen LogP contribution >= 0.6 is 0 Å². The van der Waals surface area contributed by atoms with Gasteiger partial charge >= 0.3 is 0 Å². The molecule has 1 aliphatic rings. The number of morpholine rings is 1. The number of carbonyl (C=O) groups is 1. The lowest BCUT2D eigenvalue weighted by atomic mass is 10.1. The summed E-state index contributed by atoms with van der Waals surface area (Å²) in [5.74, 6) is 0.432. The van der Waals surface area contributed by atoms with Gasteiger partial charge in [-0.05, 0) is 37.6 Å². The Bertz CT molecular complexity index is 692. The first kappa shape index (κ1) is 15.5. The number of ether oxygens (including phenoxy) is 1. The Morgan fingerprint density at radius 3 is 2.61 bits per heavy atom. The van der Waals surface area contributed by atoms with E-state index in [1.165, 1.54) is 0 Å². The largest absolute Gasteiger partial charge is 0.378 e. The number of anilines is 2. The van der Waals surface area contributed by atoms with Crippen molar-refractivity contribution in [2.45, 2.75) is 13.8 Å². The van der Waals surface area contributed by atoms with E-state index in [9.17, 15) is 4.79 Å². The number of hydrogen-bond acceptors (Lipinski definition) is 4. The van der Waals surface area contributed by atoms with E-state index >= 15 is 0 Å². The van der Waals surface area contributed by atoms with E-state index in [-0.39, 0.29) is 5.91 Å². The second-order valence-corrected chi connectivity index (χ2v) is 5.77. The molecule has 0 atom stereocenters. The monoisotopic (exact) mass is 311 g/mol. The van der Waals surface area contributed by atoms with Crippen molar-refractivity contribution in [2.24, 2.45) is 0 Å². The molecule has 0 spiro atoms. The average Bonchev–Trinajstić information content (AvgIpc) is 2.56. The van der Waals surface area contributed by atoms with E-state index in [0.29, 0.717) is 11.4 Å². The zero-order valence-electron chi connectivity index (χ0n) is 13.5. The number of nitrogens with zero attached hydrogens (tertiary/aromatic N) is 2. The third-order valence-corrected chi connectivity index (χ3v) is 3.99. The van der Waals surface area contributed by atoms with Crippen LogP contribution in [-0.2, 0) is 4.74 Å². The van der Waals surface area contributed by atoms with Crippen molar-refractivity contribution in [3.05, 3.63) is 53.2 Å². The molecule has 0 saturated carbocycles. The Morgan fingerprint density at radius 2 is 1.96 bits per heavy atom. The fraction of sp³-hybridized carbons (Fsp3) is 0.333.